The summed E-state index contributed by atoms with van der Waals surface area (Å²) in [5.74, 6) is -0.212. The Morgan fingerprint density at radius 3 is 1.49 bits per heavy atom. The number of ether oxygens (including phenoxy) is 2. The molecular weight excluding hydrogens is 778 g/mol. The maximum absolute atomic E-state index is 12.3. The minimum Gasteiger partial charge on any atom is -0.399 e. The van der Waals surface area contributed by atoms with Crippen LogP contribution in [0.15, 0.2) is 84.9 Å². The number of hydrogen-bond acceptors (Lipinski definition) is 7. The van der Waals surface area contributed by atoms with E-state index in [-0.39, 0.29) is 5.91 Å². The predicted molar refractivity (Wildman–Crippen MR) is 219 cm³/mol. The molecular formula is C40H45Cl5N4O4. The molecule has 2 heterocycles. The lowest BCUT2D eigenvalue weighted by atomic mass is 10.1. The second-order valence-electron chi connectivity index (χ2n) is 12.9. The van der Waals surface area contributed by atoms with Crippen molar-refractivity contribution in [1.82, 2.24) is 9.80 Å². The van der Waals surface area contributed by atoms with Crippen LogP contribution in [-0.2, 0) is 22.6 Å². The van der Waals surface area contributed by atoms with Crippen LogP contribution in [0.25, 0.3) is 0 Å². The number of halogens is 5. The normalized spacial score (nSPS) is 14.9. The summed E-state index contributed by atoms with van der Waals surface area (Å²) in [4.78, 5) is 27.7. The van der Waals surface area contributed by atoms with E-state index in [2.05, 4.69) is 41.3 Å². The average Bonchev–Trinajstić information content (AvgIpc) is 3.16. The number of nitrogen functional groups attached to an aromatic ring is 1. The molecule has 8 nitrogen and oxygen atoms in total. The van der Waals surface area contributed by atoms with Crippen molar-refractivity contribution in [3.63, 3.8) is 0 Å². The molecule has 1 amide bonds. The molecule has 6 rings (SSSR count). The fourth-order valence-corrected chi connectivity index (χ4v) is 6.58. The predicted octanol–water partition coefficient (Wildman–Crippen LogP) is 10.1. The van der Waals surface area contributed by atoms with E-state index in [1.165, 1.54) is 29.3 Å². The Morgan fingerprint density at radius 2 is 1.06 bits per heavy atom. The number of nitrogens with two attached hydrogens (primary N) is 1. The van der Waals surface area contributed by atoms with Crippen molar-refractivity contribution >= 4 is 80.5 Å². The Labute approximate surface area is 337 Å². The van der Waals surface area contributed by atoms with Crippen molar-refractivity contribution in [2.75, 3.05) is 51.6 Å². The number of rotatable bonds is 9. The van der Waals surface area contributed by atoms with Crippen LogP contribution in [0, 0.1) is 0 Å². The third-order valence-electron chi connectivity index (χ3n) is 9.01. The van der Waals surface area contributed by atoms with Gasteiger partial charge in [0.05, 0.1) is 20.1 Å². The minimum atomic E-state index is -0.538. The number of benzene rings is 4. The Balaban J connectivity index is 0.000000197. The number of nitrogens with zero attached hydrogens (tertiary/aromatic N) is 2. The number of amides is 1. The van der Waals surface area contributed by atoms with E-state index in [1.807, 2.05) is 36.4 Å². The summed E-state index contributed by atoms with van der Waals surface area (Å²) in [5, 5.41) is 3.88. The van der Waals surface area contributed by atoms with Gasteiger partial charge in [0, 0.05) is 74.1 Å². The standard InChI is InChI=1S/C20H22Cl2N2O2.C13H20N2O.C7H3Cl3O/c1-24(17-8-10-26-11-9-17)13-14-2-5-16(6-3-14)23-20(25)15-4-7-18(21)19(22)12-15;1-15(13-6-8-16-9-7-13)10-11-2-4-12(14)5-3-11;8-5-2-1-4(7(10)11)3-6(5)9/h2-7,12,17H,8-11,13H2,1H3,(H,23,25);2-5,13H,6-10,14H2,1H3;1-3H. The van der Waals surface area contributed by atoms with Gasteiger partial charge in [-0.1, -0.05) is 70.7 Å². The first kappa shape index (κ1) is 42.8. The highest BCUT2D eigenvalue weighted by Crippen LogP contribution is 2.25. The quantitative estimate of drug-likeness (QED) is 0.128. The van der Waals surface area contributed by atoms with E-state index in [1.54, 1.807) is 18.2 Å². The minimum absolute atomic E-state index is 0.212. The molecule has 3 N–H and O–H groups in total. The van der Waals surface area contributed by atoms with Crippen molar-refractivity contribution < 1.29 is 19.1 Å². The molecule has 2 saturated heterocycles. The molecule has 4 aromatic rings. The lowest BCUT2D eigenvalue weighted by Gasteiger charge is -2.31. The number of anilines is 2. The van der Waals surface area contributed by atoms with Gasteiger partial charge in [-0.25, -0.2) is 0 Å². The highest BCUT2D eigenvalue weighted by atomic mass is 35.5. The summed E-state index contributed by atoms with van der Waals surface area (Å²) in [6, 6.07) is 26.6. The summed E-state index contributed by atoms with van der Waals surface area (Å²) < 4.78 is 10.8. The monoisotopic (exact) mass is 820 g/mol. The van der Waals surface area contributed by atoms with Crippen LogP contribution < -0.4 is 11.1 Å². The third-order valence-corrected chi connectivity index (χ3v) is 10.7. The molecule has 0 unspecified atom stereocenters. The molecule has 0 saturated carbocycles. The van der Waals surface area contributed by atoms with Gasteiger partial charge in [0.1, 0.15) is 0 Å². The maximum atomic E-state index is 12.3. The molecule has 0 aromatic heterocycles. The molecule has 0 radical (unpaired) electrons. The zero-order valence-electron chi connectivity index (χ0n) is 29.8. The highest BCUT2D eigenvalue weighted by molar-refractivity contribution is 6.67. The van der Waals surface area contributed by atoms with Crippen LogP contribution in [0.4, 0.5) is 11.4 Å². The summed E-state index contributed by atoms with van der Waals surface area (Å²) >= 11 is 28.3. The molecule has 2 aliphatic heterocycles. The lowest BCUT2D eigenvalue weighted by molar-refractivity contribution is 0.0406. The Kier molecular flexibility index (Phi) is 17.7. The molecule has 4 aromatic carbocycles. The second kappa shape index (κ2) is 21.9. The van der Waals surface area contributed by atoms with Crippen LogP contribution in [0.1, 0.15) is 57.5 Å². The second-order valence-corrected chi connectivity index (χ2v) is 14.9. The van der Waals surface area contributed by atoms with Crippen molar-refractivity contribution in [3.05, 3.63) is 127 Å². The summed E-state index contributed by atoms with van der Waals surface area (Å²) in [7, 11) is 4.34. The van der Waals surface area contributed by atoms with Gasteiger partial charge < -0.3 is 20.5 Å². The first-order valence-electron chi connectivity index (χ1n) is 17.3. The van der Waals surface area contributed by atoms with Gasteiger partial charge in [-0.05, 0) is 123 Å². The van der Waals surface area contributed by atoms with Gasteiger partial charge in [0.15, 0.2) is 0 Å². The van der Waals surface area contributed by atoms with Crippen LogP contribution in [-0.4, -0.2) is 73.6 Å². The van der Waals surface area contributed by atoms with Gasteiger partial charge in [0.25, 0.3) is 11.1 Å². The third kappa shape index (κ3) is 14.4. The Hall–Kier alpha value is -2.89. The number of hydrogen-bond donors (Lipinski definition) is 2. The van der Waals surface area contributed by atoms with Gasteiger partial charge in [-0.15, -0.1) is 0 Å². The van der Waals surface area contributed by atoms with E-state index >= 15 is 0 Å². The SMILES string of the molecule is CN(Cc1ccc(N)cc1)C1CCOCC1.CN(Cc1ccc(NC(=O)c2ccc(Cl)c(Cl)c2)cc1)C1CCOCC1.O=C(Cl)c1ccc(Cl)c(Cl)c1. The molecule has 0 spiro atoms. The zero-order valence-corrected chi connectivity index (χ0v) is 33.6. The first-order chi connectivity index (χ1) is 25.4. The fraction of sp³-hybridized carbons (Fsp3) is 0.350. The number of nitrogens with one attached hydrogen (secondary N) is 1. The van der Waals surface area contributed by atoms with Gasteiger partial charge in [0.2, 0.25) is 0 Å². The molecule has 2 aliphatic rings. The fourth-order valence-electron chi connectivity index (χ4n) is 5.86. The topological polar surface area (TPSA) is 97.1 Å². The molecule has 0 atom stereocenters. The smallest absolute Gasteiger partial charge is 0.255 e. The van der Waals surface area contributed by atoms with Crippen LogP contribution >= 0.6 is 58.0 Å². The zero-order chi connectivity index (χ0) is 38.3. The van der Waals surface area contributed by atoms with Gasteiger partial charge >= 0.3 is 0 Å². The van der Waals surface area contributed by atoms with Gasteiger partial charge in [-0.3, -0.25) is 19.4 Å². The maximum Gasteiger partial charge on any atom is 0.255 e. The molecule has 53 heavy (non-hydrogen) atoms. The number of carbonyl (C=O) groups excluding carboxylic acids is 2. The van der Waals surface area contributed by atoms with E-state index in [0.29, 0.717) is 43.3 Å². The van der Waals surface area contributed by atoms with Crippen LogP contribution in [0.5, 0.6) is 0 Å². The van der Waals surface area contributed by atoms with Crippen molar-refractivity contribution in [3.8, 4) is 0 Å². The molecule has 2 fully saturated rings. The van der Waals surface area contributed by atoms with Crippen molar-refractivity contribution in [2.24, 2.45) is 0 Å². The van der Waals surface area contributed by atoms with E-state index < -0.39 is 5.24 Å². The van der Waals surface area contributed by atoms with E-state index in [0.717, 1.165) is 76.6 Å². The average molecular weight is 823 g/mol. The molecule has 284 valence electrons. The largest absolute Gasteiger partial charge is 0.399 e. The molecule has 13 heteroatoms. The Bertz CT molecular complexity index is 1770. The summed E-state index contributed by atoms with van der Waals surface area (Å²) in [6.45, 7) is 5.35. The van der Waals surface area contributed by atoms with Crippen LogP contribution in [0.2, 0.25) is 20.1 Å². The molecule has 0 aliphatic carbocycles. The summed E-state index contributed by atoms with van der Waals surface area (Å²) in [6.07, 6.45) is 4.44. The highest BCUT2D eigenvalue weighted by Gasteiger charge is 2.19. The van der Waals surface area contributed by atoms with Crippen molar-refractivity contribution in [2.45, 2.75) is 50.9 Å². The first-order valence-corrected chi connectivity index (χ1v) is 19.2. The van der Waals surface area contributed by atoms with Crippen LogP contribution in [0.3, 0.4) is 0 Å². The summed E-state index contributed by atoms with van der Waals surface area (Å²) in [5.41, 5.74) is 10.6. The molecule has 0 bridgehead atoms. The lowest BCUT2D eigenvalue weighted by Crippen LogP contribution is -2.36. The van der Waals surface area contributed by atoms with E-state index in [4.69, 9.17) is 73.2 Å². The van der Waals surface area contributed by atoms with Gasteiger partial charge in [-0.2, -0.15) is 0 Å². The number of carbonyl (C=O) groups is 2. The Morgan fingerprint density at radius 1 is 0.642 bits per heavy atom. The van der Waals surface area contributed by atoms with E-state index in [9.17, 15) is 9.59 Å². The van der Waals surface area contributed by atoms with Crippen molar-refractivity contribution in [1.29, 1.82) is 0 Å².